The lowest BCUT2D eigenvalue weighted by molar-refractivity contribution is 0.211. The van der Waals surface area contributed by atoms with Crippen LogP contribution < -0.4 is 10.2 Å². The standard InChI is InChI=1S/C29H34N4/c1-3-33(4-2)27-16-10-14-25-28(24-13-8-9-15-26(24)31-29(25)27)30-23-17-19-32(20-18-23)21-22-11-6-5-7-12-22/h5-16,23H,3-4,17-21H2,1-2H3,(H,30,31). The summed E-state index contributed by atoms with van der Waals surface area (Å²) in [4.78, 5) is 10.1. The van der Waals surface area contributed by atoms with Crippen LogP contribution in [0.1, 0.15) is 32.3 Å². The lowest BCUT2D eigenvalue weighted by Crippen LogP contribution is -2.38. The fourth-order valence-electron chi connectivity index (χ4n) is 5.15. The number of benzene rings is 3. The quantitative estimate of drug-likeness (QED) is 0.343. The highest BCUT2D eigenvalue weighted by Crippen LogP contribution is 2.36. The molecule has 0 saturated carbocycles. The van der Waals surface area contributed by atoms with E-state index in [1.165, 1.54) is 27.7 Å². The van der Waals surface area contributed by atoms with Gasteiger partial charge in [0.15, 0.2) is 0 Å². The molecule has 1 fully saturated rings. The number of pyridine rings is 1. The number of hydrogen-bond acceptors (Lipinski definition) is 4. The maximum Gasteiger partial charge on any atom is 0.0963 e. The van der Waals surface area contributed by atoms with Crippen LogP contribution in [0.4, 0.5) is 11.4 Å². The van der Waals surface area contributed by atoms with Gasteiger partial charge in [-0.05, 0) is 44.4 Å². The summed E-state index contributed by atoms with van der Waals surface area (Å²) in [6.07, 6.45) is 2.31. The smallest absolute Gasteiger partial charge is 0.0963 e. The van der Waals surface area contributed by atoms with Crippen molar-refractivity contribution in [3.63, 3.8) is 0 Å². The van der Waals surface area contributed by atoms with E-state index < -0.39 is 0 Å². The van der Waals surface area contributed by atoms with Gasteiger partial charge in [0.1, 0.15) is 0 Å². The molecule has 1 aromatic heterocycles. The summed E-state index contributed by atoms with van der Waals surface area (Å²) >= 11 is 0. The van der Waals surface area contributed by atoms with Gasteiger partial charge in [-0.2, -0.15) is 0 Å². The fourth-order valence-corrected chi connectivity index (χ4v) is 5.15. The molecule has 170 valence electrons. The lowest BCUT2D eigenvalue weighted by Gasteiger charge is -2.33. The van der Waals surface area contributed by atoms with E-state index >= 15 is 0 Å². The number of nitrogens with zero attached hydrogens (tertiary/aromatic N) is 3. The van der Waals surface area contributed by atoms with E-state index in [9.17, 15) is 0 Å². The summed E-state index contributed by atoms with van der Waals surface area (Å²) in [5.41, 5.74) is 6.03. The molecule has 0 bridgehead atoms. The SMILES string of the molecule is CCN(CC)c1cccc2c(NC3CCN(Cc4ccccc4)CC3)c3ccccc3nc12. The van der Waals surface area contributed by atoms with Crippen LogP contribution >= 0.6 is 0 Å². The molecule has 5 rings (SSSR count). The third-order valence-electron chi connectivity index (χ3n) is 6.98. The van der Waals surface area contributed by atoms with Crippen molar-refractivity contribution in [2.24, 2.45) is 0 Å². The van der Waals surface area contributed by atoms with E-state index in [1.807, 2.05) is 0 Å². The van der Waals surface area contributed by atoms with E-state index in [-0.39, 0.29) is 0 Å². The van der Waals surface area contributed by atoms with Gasteiger partial charge in [0, 0.05) is 49.5 Å². The normalized spacial score (nSPS) is 15.2. The number of anilines is 2. The minimum absolute atomic E-state index is 0.475. The van der Waals surface area contributed by atoms with Crippen LogP contribution in [-0.2, 0) is 6.54 Å². The van der Waals surface area contributed by atoms with Crippen LogP contribution in [0.3, 0.4) is 0 Å². The van der Waals surface area contributed by atoms with Gasteiger partial charge in [0.2, 0.25) is 0 Å². The Morgan fingerprint density at radius 3 is 2.30 bits per heavy atom. The Bertz CT molecular complexity index is 1210. The minimum Gasteiger partial charge on any atom is -0.381 e. The second kappa shape index (κ2) is 9.80. The number of hydrogen-bond donors (Lipinski definition) is 1. The molecule has 0 atom stereocenters. The molecule has 1 aliphatic heterocycles. The Morgan fingerprint density at radius 2 is 1.55 bits per heavy atom. The Hall–Kier alpha value is -3.11. The first-order valence-electron chi connectivity index (χ1n) is 12.4. The zero-order chi connectivity index (χ0) is 22.6. The van der Waals surface area contributed by atoms with E-state index in [0.29, 0.717) is 6.04 Å². The van der Waals surface area contributed by atoms with E-state index in [2.05, 4.69) is 102 Å². The highest BCUT2D eigenvalue weighted by molar-refractivity contribution is 6.10. The van der Waals surface area contributed by atoms with Crippen LogP contribution in [0, 0.1) is 0 Å². The molecule has 4 nitrogen and oxygen atoms in total. The molecule has 0 unspecified atom stereocenters. The zero-order valence-corrected chi connectivity index (χ0v) is 19.8. The highest BCUT2D eigenvalue weighted by Gasteiger charge is 2.22. The van der Waals surface area contributed by atoms with E-state index in [4.69, 9.17) is 4.98 Å². The van der Waals surface area contributed by atoms with Gasteiger partial charge < -0.3 is 10.2 Å². The van der Waals surface area contributed by atoms with Crippen molar-refractivity contribution in [1.82, 2.24) is 9.88 Å². The Balaban J connectivity index is 1.43. The molecular weight excluding hydrogens is 404 g/mol. The Morgan fingerprint density at radius 1 is 0.848 bits per heavy atom. The van der Waals surface area contributed by atoms with Crippen molar-refractivity contribution < 1.29 is 0 Å². The van der Waals surface area contributed by atoms with E-state index in [0.717, 1.165) is 56.6 Å². The first kappa shape index (κ1) is 21.7. The summed E-state index contributed by atoms with van der Waals surface area (Å²) in [7, 11) is 0. The predicted octanol–water partition coefficient (Wildman–Crippen LogP) is 6.31. The highest BCUT2D eigenvalue weighted by atomic mass is 15.1. The van der Waals surface area contributed by atoms with Gasteiger partial charge >= 0.3 is 0 Å². The first-order valence-corrected chi connectivity index (χ1v) is 12.4. The van der Waals surface area contributed by atoms with Crippen molar-refractivity contribution in [3.8, 4) is 0 Å². The third-order valence-corrected chi connectivity index (χ3v) is 6.98. The number of para-hydroxylation sites is 2. The number of fused-ring (bicyclic) bond motifs is 2. The maximum absolute atomic E-state index is 5.12. The average molecular weight is 439 g/mol. The number of likely N-dealkylation sites (tertiary alicyclic amines) is 1. The van der Waals surface area contributed by atoms with Crippen LogP contribution in [-0.4, -0.2) is 42.1 Å². The van der Waals surface area contributed by atoms with Crippen LogP contribution in [0.5, 0.6) is 0 Å². The average Bonchev–Trinajstić information content (AvgIpc) is 2.87. The second-order valence-electron chi connectivity index (χ2n) is 9.03. The van der Waals surface area contributed by atoms with Gasteiger partial charge in [-0.3, -0.25) is 4.90 Å². The molecule has 0 amide bonds. The molecule has 4 heteroatoms. The fraction of sp³-hybridized carbons (Fsp3) is 0.345. The minimum atomic E-state index is 0.475. The molecule has 33 heavy (non-hydrogen) atoms. The largest absolute Gasteiger partial charge is 0.381 e. The zero-order valence-electron chi connectivity index (χ0n) is 19.8. The van der Waals surface area contributed by atoms with Crippen LogP contribution in [0.15, 0.2) is 72.8 Å². The number of aromatic nitrogens is 1. The molecule has 2 heterocycles. The summed E-state index contributed by atoms with van der Waals surface area (Å²) in [6, 6.07) is 26.5. The van der Waals surface area contributed by atoms with Crippen molar-refractivity contribution in [3.05, 3.63) is 78.4 Å². The molecule has 0 spiro atoms. The monoisotopic (exact) mass is 438 g/mol. The van der Waals surface area contributed by atoms with Crippen LogP contribution in [0.25, 0.3) is 21.8 Å². The van der Waals surface area contributed by atoms with Gasteiger partial charge in [0.25, 0.3) is 0 Å². The number of nitrogens with one attached hydrogen (secondary N) is 1. The topological polar surface area (TPSA) is 31.4 Å². The molecule has 3 aromatic carbocycles. The van der Waals surface area contributed by atoms with Gasteiger partial charge in [0.05, 0.1) is 22.4 Å². The molecule has 0 aliphatic carbocycles. The maximum atomic E-state index is 5.12. The second-order valence-corrected chi connectivity index (χ2v) is 9.03. The van der Waals surface area contributed by atoms with Gasteiger partial charge in [-0.1, -0.05) is 60.7 Å². The first-order chi connectivity index (χ1) is 16.3. The molecule has 1 saturated heterocycles. The van der Waals surface area contributed by atoms with Crippen molar-refractivity contribution in [2.45, 2.75) is 39.3 Å². The summed E-state index contributed by atoms with van der Waals surface area (Å²) in [6.45, 7) is 9.68. The molecule has 1 aliphatic rings. The molecule has 0 radical (unpaired) electrons. The van der Waals surface area contributed by atoms with Crippen molar-refractivity contribution in [1.29, 1.82) is 0 Å². The lowest BCUT2D eigenvalue weighted by atomic mass is 10.0. The Kier molecular flexibility index (Phi) is 6.45. The summed E-state index contributed by atoms with van der Waals surface area (Å²) < 4.78 is 0. The van der Waals surface area contributed by atoms with Gasteiger partial charge in [-0.25, -0.2) is 4.98 Å². The van der Waals surface area contributed by atoms with Crippen molar-refractivity contribution in [2.75, 3.05) is 36.4 Å². The molecule has 1 N–H and O–H groups in total. The number of piperidine rings is 1. The van der Waals surface area contributed by atoms with Crippen LogP contribution in [0.2, 0.25) is 0 Å². The van der Waals surface area contributed by atoms with Gasteiger partial charge in [-0.15, -0.1) is 0 Å². The summed E-state index contributed by atoms with van der Waals surface area (Å²) in [5, 5.41) is 6.41. The number of rotatable bonds is 7. The Labute approximate surface area is 197 Å². The third kappa shape index (κ3) is 4.53. The predicted molar refractivity (Wildman–Crippen MR) is 141 cm³/mol. The van der Waals surface area contributed by atoms with E-state index in [1.54, 1.807) is 0 Å². The molecular formula is C29H34N4. The summed E-state index contributed by atoms with van der Waals surface area (Å²) in [5.74, 6) is 0. The van der Waals surface area contributed by atoms with Crippen molar-refractivity contribution >= 4 is 33.2 Å². The molecule has 4 aromatic rings.